The Balaban J connectivity index is 2.36. The number of aryl methyl sites for hydroxylation is 1. The van der Waals surface area contributed by atoms with Crippen LogP contribution in [0.2, 0.25) is 0 Å². The second-order valence-electron chi connectivity index (χ2n) is 3.93. The van der Waals surface area contributed by atoms with Crippen LogP contribution >= 0.6 is 0 Å². The molecule has 0 radical (unpaired) electrons. The number of hydrogen-bond donors (Lipinski definition) is 2. The van der Waals surface area contributed by atoms with E-state index in [-0.39, 0.29) is 11.4 Å². The van der Waals surface area contributed by atoms with E-state index >= 15 is 0 Å². The number of primary amides is 1. The van der Waals surface area contributed by atoms with Crippen LogP contribution in [0.4, 0.5) is 5.69 Å². The summed E-state index contributed by atoms with van der Waals surface area (Å²) in [6.07, 6.45) is 1.62. The maximum atomic E-state index is 11.2. The number of anilines is 1. The Morgan fingerprint density at radius 3 is 2.53 bits per heavy atom. The van der Waals surface area contributed by atoms with Crippen molar-refractivity contribution in [1.29, 1.82) is 0 Å². The number of nitrogens with two attached hydrogens (primary N) is 2. The highest BCUT2D eigenvalue weighted by molar-refractivity contribution is 5.93. The predicted molar refractivity (Wildman–Crippen MR) is 69.2 cm³/mol. The molecule has 0 spiro atoms. The summed E-state index contributed by atoms with van der Waals surface area (Å²) in [5, 5.41) is 4.05. The maximum absolute atomic E-state index is 11.2. The third kappa shape index (κ3) is 2.76. The van der Waals surface area contributed by atoms with Crippen LogP contribution < -0.4 is 20.9 Å². The van der Waals surface area contributed by atoms with Gasteiger partial charge in [-0.15, -0.1) is 5.10 Å². The standard InChI is InChI=1S/C12H14N4O3/c1-16-6-10(13)12(15-16)19-9-4-7(11(14)17)3-8(5-9)18-2/h3-6H,13H2,1-2H3,(H2,14,17). The van der Waals surface area contributed by atoms with Crippen LogP contribution in [-0.4, -0.2) is 22.8 Å². The highest BCUT2D eigenvalue weighted by Gasteiger charge is 2.11. The number of nitrogen functional groups attached to an aromatic ring is 1. The molecule has 100 valence electrons. The minimum absolute atomic E-state index is 0.256. The molecule has 0 unspecified atom stereocenters. The number of amides is 1. The lowest BCUT2D eigenvalue weighted by Crippen LogP contribution is -2.11. The van der Waals surface area contributed by atoms with Crippen LogP contribution in [-0.2, 0) is 7.05 Å². The van der Waals surface area contributed by atoms with Gasteiger partial charge in [0.1, 0.15) is 17.2 Å². The minimum Gasteiger partial charge on any atom is -0.497 e. The van der Waals surface area contributed by atoms with Gasteiger partial charge in [0.15, 0.2) is 0 Å². The predicted octanol–water partition coefficient (Wildman–Crippen LogP) is 0.902. The molecule has 0 bridgehead atoms. The normalized spacial score (nSPS) is 10.2. The molecule has 4 N–H and O–H groups in total. The van der Waals surface area contributed by atoms with Crippen molar-refractivity contribution in [3.63, 3.8) is 0 Å². The highest BCUT2D eigenvalue weighted by Crippen LogP contribution is 2.29. The first-order valence-corrected chi connectivity index (χ1v) is 5.45. The molecule has 2 rings (SSSR count). The van der Waals surface area contributed by atoms with E-state index in [0.29, 0.717) is 17.2 Å². The van der Waals surface area contributed by atoms with Crippen LogP contribution in [0.25, 0.3) is 0 Å². The molecular formula is C12H14N4O3. The van der Waals surface area contributed by atoms with Gasteiger partial charge in [-0.2, -0.15) is 0 Å². The van der Waals surface area contributed by atoms with Gasteiger partial charge in [0.05, 0.1) is 13.3 Å². The van der Waals surface area contributed by atoms with Gasteiger partial charge in [-0.05, 0) is 12.1 Å². The van der Waals surface area contributed by atoms with Crippen LogP contribution in [0.1, 0.15) is 10.4 Å². The van der Waals surface area contributed by atoms with E-state index in [1.807, 2.05) is 0 Å². The fourth-order valence-electron chi connectivity index (χ4n) is 1.57. The fraction of sp³-hybridized carbons (Fsp3) is 0.167. The van der Waals surface area contributed by atoms with Gasteiger partial charge in [-0.1, -0.05) is 0 Å². The number of carbonyl (C=O) groups excluding carboxylic acids is 1. The maximum Gasteiger partial charge on any atom is 0.261 e. The second kappa shape index (κ2) is 4.89. The molecule has 0 saturated heterocycles. The van der Waals surface area contributed by atoms with Gasteiger partial charge >= 0.3 is 0 Å². The number of carbonyl (C=O) groups is 1. The van der Waals surface area contributed by atoms with Gasteiger partial charge in [-0.25, -0.2) is 0 Å². The quantitative estimate of drug-likeness (QED) is 0.851. The average Bonchev–Trinajstić information content (AvgIpc) is 2.67. The highest BCUT2D eigenvalue weighted by atomic mass is 16.5. The van der Waals surface area contributed by atoms with Crippen molar-refractivity contribution in [2.45, 2.75) is 0 Å². The molecular weight excluding hydrogens is 248 g/mol. The molecule has 0 aliphatic heterocycles. The van der Waals surface area contributed by atoms with Crippen molar-refractivity contribution in [3.05, 3.63) is 30.0 Å². The van der Waals surface area contributed by atoms with Crippen molar-refractivity contribution in [2.24, 2.45) is 12.8 Å². The van der Waals surface area contributed by atoms with Crippen LogP contribution in [0.15, 0.2) is 24.4 Å². The molecule has 1 heterocycles. The summed E-state index contributed by atoms with van der Waals surface area (Å²) >= 11 is 0. The lowest BCUT2D eigenvalue weighted by Gasteiger charge is -2.07. The van der Waals surface area contributed by atoms with Gasteiger partial charge < -0.3 is 20.9 Å². The van der Waals surface area contributed by atoms with Gasteiger partial charge in [-0.3, -0.25) is 9.48 Å². The van der Waals surface area contributed by atoms with E-state index in [0.717, 1.165) is 0 Å². The molecule has 0 aliphatic rings. The number of rotatable bonds is 4. The monoisotopic (exact) mass is 262 g/mol. The number of aromatic nitrogens is 2. The Morgan fingerprint density at radius 1 is 1.32 bits per heavy atom. The molecule has 7 nitrogen and oxygen atoms in total. The van der Waals surface area contributed by atoms with Crippen LogP contribution in [0, 0.1) is 0 Å². The SMILES string of the molecule is COc1cc(Oc2nn(C)cc2N)cc(C(N)=O)c1. The molecule has 1 amide bonds. The lowest BCUT2D eigenvalue weighted by molar-refractivity contribution is 0.0999. The molecule has 0 saturated carbocycles. The zero-order valence-corrected chi connectivity index (χ0v) is 10.6. The summed E-state index contributed by atoms with van der Waals surface area (Å²) in [5.41, 5.74) is 11.6. The summed E-state index contributed by atoms with van der Waals surface area (Å²) in [4.78, 5) is 11.2. The summed E-state index contributed by atoms with van der Waals surface area (Å²) in [5.74, 6) is 0.517. The summed E-state index contributed by atoms with van der Waals surface area (Å²) in [6, 6.07) is 4.64. The third-order valence-electron chi connectivity index (χ3n) is 2.44. The van der Waals surface area contributed by atoms with Gasteiger partial charge in [0, 0.05) is 18.7 Å². The molecule has 7 heteroatoms. The first-order valence-electron chi connectivity index (χ1n) is 5.45. The minimum atomic E-state index is -0.572. The Bertz CT molecular complexity index is 621. The number of benzene rings is 1. The Morgan fingerprint density at radius 2 is 2.00 bits per heavy atom. The topological polar surface area (TPSA) is 105 Å². The first-order chi connectivity index (χ1) is 8.99. The van der Waals surface area contributed by atoms with Crippen molar-refractivity contribution in [1.82, 2.24) is 9.78 Å². The molecule has 19 heavy (non-hydrogen) atoms. The van der Waals surface area contributed by atoms with Crippen molar-refractivity contribution < 1.29 is 14.3 Å². The van der Waals surface area contributed by atoms with Gasteiger partial charge in [0.2, 0.25) is 5.91 Å². The number of ether oxygens (including phenoxy) is 2. The van der Waals surface area contributed by atoms with Gasteiger partial charge in [0.25, 0.3) is 5.88 Å². The zero-order valence-electron chi connectivity index (χ0n) is 10.6. The Hall–Kier alpha value is -2.70. The molecule has 0 aliphatic carbocycles. The number of nitrogens with zero attached hydrogens (tertiary/aromatic N) is 2. The smallest absolute Gasteiger partial charge is 0.261 e. The molecule has 0 fully saturated rings. The van der Waals surface area contributed by atoms with E-state index in [1.54, 1.807) is 19.3 Å². The van der Waals surface area contributed by atoms with Crippen LogP contribution in [0.3, 0.4) is 0 Å². The average molecular weight is 262 g/mol. The van der Waals surface area contributed by atoms with Crippen molar-refractivity contribution >= 4 is 11.6 Å². The van der Waals surface area contributed by atoms with E-state index < -0.39 is 5.91 Å². The Kier molecular flexibility index (Phi) is 3.28. The molecule has 2 aromatic rings. The lowest BCUT2D eigenvalue weighted by atomic mass is 10.2. The summed E-state index contributed by atoms with van der Waals surface area (Å²) < 4.78 is 12.1. The fourth-order valence-corrected chi connectivity index (χ4v) is 1.57. The van der Waals surface area contributed by atoms with E-state index in [2.05, 4.69) is 5.10 Å². The first kappa shape index (κ1) is 12.7. The summed E-state index contributed by atoms with van der Waals surface area (Å²) in [7, 11) is 3.21. The summed E-state index contributed by atoms with van der Waals surface area (Å²) in [6.45, 7) is 0. The molecule has 0 atom stereocenters. The number of methoxy groups -OCH3 is 1. The van der Waals surface area contributed by atoms with Crippen molar-refractivity contribution in [2.75, 3.05) is 12.8 Å². The molecule has 1 aromatic heterocycles. The van der Waals surface area contributed by atoms with E-state index in [9.17, 15) is 4.79 Å². The van der Waals surface area contributed by atoms with E-state index in [1.165, 1.54) is 23.9 Å². The van der Waals surface area contributed by atoms with Crippen molar-refractivity contribution in [3.8, 4) is 17.4 Å². The largest absolute Gasteiger partial charge is 0.497 e. The Labute approximate surface area is 109 Å². The molecule has 1 aromatic carbocycles. The van der Waals surface area contributed by atoms with E-state index in [4.69, 9.17) is 20.9 Å². The number of hydrogen-bond acceptors (Lipinski definition) is 5. The second-order valence-corrected chi connectivity index (χ2v) is 3.93. The van der Waals surface area contributed by atoms with Crippen LogP contribution in [0.5, 0.6) is 17.4 Å². The zero-order chi connectivity index (χ0) is 14.0. The third-order valence-corrected chi connectivity index (χ3v) is 2.44.